The molecule has 0 unspecified atom stereocenters. The number of hydrogen-bond acceptors (Lipinski definition) is 3. The van der Waals surface area contributed by atoms with Crippen LogP contribution in [0, 0.1) is 12.3 Å². The number of likely N-dealkylation sites (tertiary alicyclic amines) is 1. The van der Waals surface area contributed by atoms with Crippen molar-refractivity contribution in [2.24, 2.45) is 11.7 Å². The molecule has 6 heteroatoms. The average Bonchev–Trinajstić information content (AvgIpc) is 2.54. The highest BCUT2D eigenvalue weighted by atomic mass is 19.1. The molecule has 1 fully saturated rings. The fourth-order valence-electron chi connectivity index (χ4n) is 2.73. The van der Waals surface area contributed by atoms with Crippen LogP contribution in [-0.4, -0.2) is 41.5 Å². The molecule has 0 aromatic carbocycles. The summed E-state index contributed by atoms with van der Waals surface area (Å²) in [7, 11) is 0. The minimum atomic E-state index is -0.545. The Kier molecular flexibility index (Phi) is 5.86. The lowest BCUT2D eigenvalue weighted by Crippen LogP contribution is -2.39. The monoisotopic (exact) mass is 306 g/mol. The number of alkyl halides is 1. The molecule has 1 aliphatic rings. The summed E-state index contributed by atoms with van der Waals surface area (Å²) >= 11 is 0. The molecule has 1 radical (unpaired) electrons. The first-order valence-corrected chi connectivity index (χ1v) is 7.53. The number of aromatic nitrogens is 1. The Morgan fingerprint density at radius 2 is 2.14 bits per heavy atom. The van der Waals surface area contributed by atoms with Crippen molar-refractivity contribution in [3.8, 4) is 0 Å². The lowest BCUT2D eigenvalue weighted by atomic mass is 9.94. The fourth-order valence-corrected chi connectivity index (χ4v) is 2.73. The molecule has 119 valence electrons. The van der Waals surface area contributed by atoms with Crippen LogP contribution in [-0.2, 0) is 11.2 Å². The van der Waals surface area contributed by atoms with Crippen LogP contribution >= 0.6 is 0 Å². The lowest BCUT2D eigenvalue weighted by Gasteiger charge is -2.31. The van der Waals surface area contributed by atoms with E-state index in [1.54, 1.807) is 23.2 Å². The molecule has 1 aromatic rings. The second-order valence-corrected chi connectivity index (χ2v) is 5.52. The molecule has 5 nitrogen and oxygen atoms in total. The molecule has 2 N–H and O–H groups in total. The van der Waals surface area contributed by atoms with Crippen molar-refractivity contribution in [2.45, 2.75) is 25.7 Å². The highest BCUT2D eigenvalue weighted by Gasteiger charge is 2.23. The van der Waals surface area contributed by atoms with E-state index >= 15 is 0 Å². The van der Waals surface area contributed by atoms with Gasteiger partial charge in [0.25, 0.3) is 5.91 Å². The van der Waals surface area contributed by atoms with E-state index in [9.17, 15) is 14.0 Å². The standard InChI is InChI=1S/C16H21FN3O2/c17-8-5-12-6-10-20(11-7-12)15(21)4-3-14-13(16(18)22)2-1-9-19-14/h1-2,4,9,12H,3,5-8,10-11H2,(H2,18,22). The van der Waals surface area contributed by atoms with Crippen molar-refractivity contribution in [3.63, 3.8) is 0 Å². The fraction of sp³-hybridized carbons (Fsp3) is 0.500. The normalized spacial score (nSPS) is 15.8. The van der Waals surface area contributed by atoms with E-state index in [0.29, 0.717) is 36.7 Å². The summed E-state index contributed by atoms with van der Waals surface area (Å²) in [5, 5.41) is 0. The second kappa shape index (κ2) is 7.87. The number of nitrogens with two attached hydrogens (primary N) is 1. The third kappa shape index (κ3) is 4.26. The third-order valence-electron chi connectivity index (χ3n) is 4.07. The van der Waals surface area contributed by atoms with Crippen molar-refractivity contribution in [1.29, 1.82) is 0 Å². The summed E-state index contributed by atoms with van der Waals surface area (Å²) in [6.07, 6.45) is 5.66. The predicted molar refractivity (Wildman–Crippen MR) is 80.7 cm³/mol. The minimum absolute atomic E-state index is 0.0697. The molecule has 1 saturated heterocycles. The lowest BCUT2D eigenvalue weighted by molar-refractivity contribution is -0.129. The second-order valence-electron chi connectivity index (χ2n) is 5.52. The van der Waals surface area contributed by atoms with Gasteiger partial charge in [-0.2, -0.15) is 0 Å². The van der Waals surface area contributed by atoms with E-state index in [-0.39, 0.29) is 19.0 Å². The number of nitrogens with zero attached hydrogens (tertiary/aromatic N) is 2. The summed E-state index contributed by atoms with van der Waals surface area (Å²) in [5.74, 6) is -0.234. The molecule has 2 amide bonds. The van der Waals surface area contributed by atoms with Crippen LogP contribution in [0.25, 0.3) is 0 Å². The van der Waals surface area contributed by atoms with Crippen LogP contribution in [0.15, 0.2) is 18.3 Å². The minimum Gasteiger partial charge on any atom is -0.366 e. The van der Waals surface area contributed by atoms with Gasteiger partial charge >= 0.3 is 0 Å². The van der Waals surface area contributed by atoms with Gasteiger partial charge in [0.15, 0.2) is 0 Å². The zero-order chi connectivity index (χ0) is 15.9. The maximum absolute atomic E-state index is 12.3. The van der Waals surface area contributed by atoms with Crippen LogP contribution in [0.4, 0.5) is 4.39 Å². The molecule has 0 bridgehead atoms. The van der Waals surface area contributed by atoms with Crippen LogP contribution < -0.4 is 5.73 Å². The van der Waals surface area contributed by atoms with E-state index in [2.05, 4.69) is 4.98 Å². The number of amides is 2. The maximum Gasteiger partial charge on any atom is 0.250 e. The number of pyridine rings is 1. The number of halogens is 1. The Balaban J connectivity index is 1.85. The van der Waals surface area contributed by atoms with E-state index in [1.807, 2.05) is 0 Å². The van der Waals surface area contributed by atoms with Crippen LogP contribution in [0.3, 0.4) is 0 Å². The number of carbonyl (C=O) groups excluding carboxylic acids is 2. The Morgan fingerprint density at radius 3 is 2.77 bits per heavy atom. The third-order valence-corrected chi connectivity index (χ3v) is 4.07. The predicted octanol–water partition coefficient (Wildman–Crippen LogP) is 1.53. The quantitative estimate of drug-likeness (QED) is 0.866. The molecule has 1 aliphatic heterocycles. The molecule has 0 saturated carbocycles. The van der Waals surface area contributed by atoms with Crippen molar-refractivity contribution in [2.75, 3.05) is 19.8 Å². The van der Waals surface area contributed by atoms with E-state index < -0.39 is 5.91 Å². The topological polar surface area (TPSA) is 76.3 Å². The summed E-state index contributed by atoms with van der Waals surface area (Å²) in [6.45, 7) is 1.02. The smallest absolute Gasteiger partial charge is 0.250 e. The molecule has 0 atom stereocenters. The van der Waals surface area contributed by atoms with Gasteiger partial charge in [0, 0.05) is 25.7 Å². The Bertz CT molecular complexity index is 528. The number of carbonyl (C=O) groups is 2. The molecule has 2 heterocycles. The van der Waals surface area contributed by atoms with E-state index in [1.165, 1.54) is 6.42 Å². The average molecular weight is 306 g/mol. The Morgan fingerprint density at radius 1 is 1.41 bits per heavy atom. The van der Waals surface area contributed by atoms with Crippen molar-refractivity contribution in [3.05, 3.63) is 36.0 Å². The van der Waals surface area contributed by atoms with Crippen molar-refractivity contribution in [1.82, 2.24) is 9.88 Å². The first-order valence-electron chi connectivity index (χ1n) is 7.53. The highest BCUT2D eigenvalue weighted by Crippen LogP contribution is 2.21. The molecule has 2 rings (SSSR count). The molecular weight excluding hydrogens is 285 g/mol. The van der Waals surface area contributed by atoms with Crippen molar-refractivity contribution >= 4 is 11.8 Å². The van der Waals surface area contributed by atoms with Gasteiger partial charge < -0.3 is 10.6 Å². The summed E-state index contributed by atoms with van der Waals surface area (Å²) in [4.78, 5) is 29.4. The van der Waals surface area contributed by atoms with Gasteiger partial charge in [0.1, 0.15) is 0 Å². The number of piperidine rings is 1. The number of rotatable bonds is 6. The zero-order valence-corrected chi connectivity index (χ0v) is 12.5. The van der Waals surface area contributed by atoms with Gasteiger partial charge in [-0.05, 0) is 37.3 Å². The van der Waals surface area contributed by atoms with Crippen LogP contribution in [0.5, 0.6) is 0 Å². The zero-order valence-electron chi connectivity index (χ0n) is 12.5. The Hall–Kier alpha value is -1.98. The van der Waals surface area contributed by atoms with Crippen LogP contribution in [0.2, 0.25) is 0 Å². The number of primary amides is 1. The molecular formula is C16H21FN3O2. The van der Waals surface area contributed by atoms with E-state index in [4.69, 9.17) is 5.73 Å². The SMILES string of the molecule is NC(=O)c1cccnc1C[CH]C(=O)N1CCC(CCF)CC1. The maximum atomic E-state index is 12.3. The van der Waals surface area contributed by atoms with Crippen molar-refractivity contribution < 1.29 is 14.0 Å². The largest absolute Gasteiger partial charge is 0.366 e. The van der Waals surface area contributed by atoms with Gasteiger partial charge in [0.2, 0.25) is 5.91 Å². The van der Waals surface area contributed by atoms with Gasteiger partial charge in [-0.3, -0.25) is 19.0 Å². The first-order chi connectivity index (χ1) is 10.6. The van der Waals surface area contributed by atoms with Crippen LogP contribution in [0.1, 0.15) is 35.3 Å². The molecule has 0 spiro atoms. The van der Waals surface area contributed by atoms with Gasteiger partial charge in [-0.25, -0.2) is 0 Å². The highest BCUT2D eigenvalue weighted by molar-refractivity contribution is 5.94. The molecule has 1 aromatic heterocycles. The first kappa shape index (κ1) is 16.4. The van der Waals surface area contributed by atoms with Gasteiger partial charge in [-0.1, -0.05) is 0 Å². The summed E-state index contributed by atoms with van der Waals surface area (Å²) in [6, 6.07) is 3.24. The van der Waals surface area contributed by atoms with Gasteiger partial charge in [0.05, 0.1) is 24.4 Å². The summed E-state index contributed by atoms with van der Waals surface area (Å²) < 4.78 is 12.3. The Labute approximate surface area is 129 Å². The molecule has 22 heavy (non-hydrogen) atoms. The molecule has 0 aliphatic carbocycles. The number of hydrogen-bond donors (Lipinski definition) is 1. The van der Waals surface area contributed by atoms with Gasteiger partial charge in [-0.15, -0.1) is 0 Å². The van der Waals surface area contributed by atoms with E-state index in [0.717, 1.165) is 12.8 Å². The summed E-state index contributed by atoms with van der Waals surface area (Å²) in [5.41, 5.74) is 6.14.